The van der Waals surface area contributed by atoms with Crippen LogP contribution in [0.4, 0.5) is 0 Å². The molecule has 250 valence electrons. The molecular weight excluding hydrogens is 740 g/mol. The van der Waals surface area contributed by atoms with Crippen molar-refractivity contribution in [2.75, 3.05) is 0 Å². The predicted molar refractivity (Wildman–Crippen MR) is 286 cm³/mol. The predicted octanol–water partition coefficient (Wildman–Crippen LogP) is -7.82. The molecule has 0 aliphatic heterocycles. The molecule has 8 aromatic carbocycles. The zero-order valence-corrected chi connectivity index (χ0v) is 34.3. The molecule has 1 nitrogen and oxygen atoms in total. The van der Waals surface area contributed by atoms with E-state index in [0.29, 0.717) is 21.9 Å². The highest BCUT2D eigenvalue weighted by molar-refractivity contribution is 6.74. The van der Waals surface area contributed by atoms with Gasteiger partial charge < -0.3 is 4.42 Å². The maximum absolute atomic E-state index is 7.34. The number of hydrogen-bond acceptors (Lipinski definition) is 1. The van der Waals surface area contributed by atoms with Gasteiger partial charge in [-0.1, -0.05) is 110 Å². The van der Waals surface area contributed by atoms with E-state index in [1.807, 2.05) is 18.2 Å². The molecule has 0 bridgehead atoms. The highest BCUT2D eigenvalue weighted by Crippen LogP contribution is 2.50. The monoisotopic (exact) mass is 756 g/mol. The van der Waals surface area contributed by atoms with Gasteiger partial charge in [0.05, 0.1) is 0 Å². The van der Waals surface area contributed by atoms with Crippen molar-refractivity contribution in [3.8, 4) is 33.4 Å². The standard InChI is InChI=1S/C45H13B17O/c1-45(2)13-6-4-3-5-11(13)12-9-10(7-8-14(12)45)15-17-19(29(49)38(58)36(56)27(17)47)16(20-18(15)28(48)37(57)39(59)30(20)50)21-26(46)24-25-34(54)31(51)22-23(35(55)41(61)40(60)32(22)52)43(25)63-44(24)42(62)33(21)53/h3-9H,1-2H3. The SMILES string of the molecule is [B]c1c(-c2c3c([B])c([B])c([B])c([B])c3c(-c3ccc4c(c3)-c3ccccc3C4(C)C)c3c([B])c([B])c([B])c([B])c23)c([B])c2c(oc3c4c([B])c([B])c([B])c([B])c4c([B])c([B])c32)c1[B]. The molecule has 1 heterocycles. The Kier molecular flexibility index (Phi) is 9.40. The quantitative estimate of drug-likeness (QED) is 0.127. The Labute approximate surface area is 388 Å². The van der Waals surface area contributed by atoms with Crippen LogP contribution in [0.2, 0.25) is 0 Å². The molecule has 0 unspecified atom stereocenters. The molecule has 0 saturated carbocycles. The molecule has 1 aliphatic rings. The van der Waals surface area contributed by atoms with Gasteiger partial charge in [-0.3, -0.25) is 0 Å². The van der Waals surface area contributed by atoms with Gasteiger partial charge in [0.25, 0.3) is 0 Å². The van der Waals surface area contributed by atoms with E-state index in [2.05, 4.69) is 38.1 Å². The Morgan fingerprint density at radius 1 is 0.317 bits per heavy atom. The molecule has 0 spiro atoms. The Balaban J connectivity index is 1.46. The van der Waals surface area contributed by atoms with Gasteiger partial charge in [0.1, 0.15) is 145 Å². The fourth-order valence-electron chi connectivity index (χ4n) is 10.1. The summed E-state index contributed by atoms with van der Waals surface area (Å²) >= 11 is 0. The molecule has 63 heavy (non-hydrogen) atoms. The molecule has 1 aliphatic carbocycles. The first-order valence-corrected chi connectivity index (χ1v) is 19.6. The average molecular weight is 753 g/mol. The lowest BCUT2D eigenvalue weighted by molar-refractivity contribution is 0.660. The highest BCUT2D eigenvalue weighted by atomic mass is 16.3. The van der Waals surface area contributed by atoms with E-state index in [0.717, 1.165) is 16.7 Å². The summed E-state index contributed by atoms with van der Waals surface area (Å²) in [6.45, 7) is 4.37. The number of rotatable bonds is 2. The van der Waals surface area contributed by atoms with Gasteiger partial charge in [-0.15, -0.1) is 32.8 Å². The fraction of sp³-hybridized carbons (Fsp3) is 0.0667. The van der Waals surface area contributed by atoms with Crippen molar-refractivity contribution in [1.29, 1.82) is 0 Å². The molecule has 0 saturated heterocycles. The van der Waals surface area contributed by atoms with Crippen LogP contribution in [0.5, 0.6) is 0 Å². The third kappa shape index (κ3) is 5.25. The smallest absolute Gasteiger partial charge is 0.141 e. The summed E-state index contributed by atoms with van der Waals surface area (Å²) in [4.78, 5) is 0. The lowest BCUT2D eigenvalue weighted by atomic mass is 9.58. The summed E-state index contributed by atoms with van der Waals surface area (Å²) in [6.07, 6.45) is 0. The van der Waals surface area contributed by atoms with Crippen molar-refractivity contribution in [2.24, 2.45) is 0 Å². The van der Waals surface area contributed by atoms with Gasteiger partial charge in [-0.05, 0) is 77.5 Å². The van der Waals surface area contributed by atoms with Crippen LogP contribution in [0, 0.1) is 0 Å². The summed E-state index contributed by atoms with van der Waals surface area (Å²) in [6, 6.07) is 14.4. The summed E-state index contributed by atoms with van der Waals surface area (Å²) < 4.78 is 6.48. The van der Waals surface area contributed by atoms with E-state index in [-0.39, 0.29) is 153 Å². The topological polar surface area (TPSA) is 13.1 Å². The van der Waals surface area contributed by atoms with Crippen LogP contribution in [-0.4, -0.2) is 133 Å². The third-order valence-electron chi connectivity index (χ3n) is 13.4. The lowest BCUT2D eigenvalue weighted by Gasteiger charge is -2.30. The second-order valence-corrected chi connectivity index (χ2v) is 16.8. The molecule has 1 aromatic heterocycles. The van der Waals surface area contributed by atoms with Crippen molar-refractivity contribution >= 4 is 281 Å². The van der Waals surface area contributed by atoms with E-state index in [4.69, 9.17) is 138 Å². The first-order chi connectivity index (χ1) is 29.7. The van der Waals surface area contributed by atoms with Crippen molar-refractivity contribution in [1.82, 2.24) is 0 Å². The van der Waals surface area contributed by atoms with Gasteiger partial charge in [-0.2, -0.15) is 0 Å². The Bertz CT molecular complexity index is 3600. The first kappa shape index (κ1) is 42.4. The Morgan fingerprint density at radius 2 is 0.714 bits per heavy atom. The second-order valence-electron chi connectivity index (χ2n) is 16.8. The summed E-state index contributed by atoms with van der Waals surface area (Å²) in [7, 11) is 116. The maximum Gasteiger partial charge on any atom is 0.141 e. The average Bonchev–Trinajstić information content (AvgIpc) is 3.77. The van der Waals surface area contributed by atoms with Crippen molar-refractivity contribution in [2.45, 2.75) is 19.3 Å². The van der Waals surface area contributed by atoms with Crippen LogP contribution >= 0.6 is 0 Å². The summed E-state index contributed by atoms with van der Waals surface area (Å²) in [5.41, 5.74) is 6.05. The van der Waals surface area contributed by atoms with Crippen LogP contribution in [0.15, 0.2) is 46.9 Å². The minimum atomic E-state index is -0.299. The molecule has 0 fully saturated rings. The molecule has 0 N–H and O–H groups in total. The van der Waals surface area contributed by atoms with Crippen LogP contribution in [0.3, 0.4) is 0 Å². The lowest BCUT2D eigenvalue weighted by Crippen LogP contribution is -2.50. The number of hydrogen-bond donors (Lipinski definition) is 0. The maximum atomic E-state index is 7.34. The van der Waals surface area contributed by atoms with Crippen LogP contribution in [0.1, 0.15) is 25.0 Å². The molecule has 10 rings (SSSR count). The zero-order chi connectivity index (χ0) is 45.4. The largest absolute Gasteiger partial charge is 0.456 e. The fourth-order valence-corrected chi connectivity index (χ4v) is 10.1. The van der Waals surface area contributed by atoms with Crippen molar-refractivity contribution in [3.63, 3.8) is 0 Å². The molecule has 18 heteroatoms. The van der Waals surface area contributed by atoms with Gasteiger partial charge in [-0.25, -0.2) is 0 Å². The van der Waals surface area contributed by atoms with Gasteiger partial charge >= 0.3 is 0 Å². The highest BCUT2D eigenvalue weighted by Gasteiger charge is 2.36. The van der Waals surface area contributed by atoms with Crippen LogP contribution < -0.4 is 92.9 Å². The summed E-state index contributed by atoms with van der Waals surface area (Å²) in [5.74, 6) is 0. The molecule has 9 aromatic rings. The Hall–Kier alpha value is -4.56. The van der Waals surface area contributed by atoms with E-state index in [9.17, 15) is 0 Å². The first-order valence-electron chi connectivity index (χ1n) is 19.6. The van der Waals surface area contributed by atoms with Crippen molar-refractivity contribution < 1.29 is 4.42 Å². The number of fused-ring (bicyclic) bond motifs is 10. The third-order valence-corrected chi connectivity index (χ3v) is 13.4. The van der Waals surface area contributed by atoms with Gasteiger partial charge in [0.15, 0.2) is 0 Å². The van der Waals surface area contributed by atoms with Crippen LogP contribution in [0.25, 0.3) is 87.6 Å². The molecule has 0 amide bonds. The van der Waals surface area contributed by atoms with Gasteiger partial charge in [0.2, 0.25) is 0 Å². The van der Waals surface area contributed by atoms with Crippen molar-refractivity contribution in [3.05, 3.63) is 53.6 Å². The second kappa shape index (κ2) is 14.0. The minimum absolute atomic E-state index is 0.00400. The number of furan rings is 1. The van der Waals surface area contributed by atoms with E-state index in [1.54, 1.807) is 0 Å². The minimum Gasteiger partial charge on any atom is -0.456 e. The molecule has 0 atom stereocenters. The van der Waals surface area contributed by atoms with Gasteiger partial charge in [0, 0.05) is 21.6 Å². The Morgan fingerprint density at radius 3 is 1.25 bits per heavy atom. The normalized spacial score (nSPS) is 13.2. The molecule has 34 radical (unpaired) electrons. The summed E-state index contributed by atoms with van der Waals surface area (Å²) in [5, 5.41) is 2.13. The molecular formula is C45H13B17O. The zero-order valence-electron chi connectivity index (χ0n) is 34.3. The van der Waals surface area contributed by atoms with E-state index >= 15 is 0 Å². The number of benzene rings is 8. The van der Waals surface area contributed by atoms with E-state index < -0.39 is 0 Å². The van der Waals surface area contributed by atoms with E-state index in [1.165, 1.54) is 5.56 Å². The van der Waals surface area contributed by atoms with Crippen LogP contribution in [-0.2, 0) is 5.41 Å².